The Labute approximate surface area is 110 Å². The van der Waals surface area contributed by atoms with E-state index in [-0.39, 0.29) is 11.4 Å². The van der Waals surface area contributed by atoms with E-state index in [1.54, 1.807) is 6.20 Å². The van der Waals surface area contributed by atoms with Crippen LogP contribution in [0.15, 0.2) is 22.8 Å². The number of nitrogens with one attached hydrogen (secondary N) is 2. The molecule has 0 radical (unpaired) electrons. The number of nitrogens with zero attached hydrogens (tertiary/aromatic N) is 1. The minimum absolute atomic E-state index is 0.0436. The topological polar surface area (TPSA) is 54.0 Å². The van der Waals surface area contributed by atoms with Crippen LogP contribution in [0.1, 0.15) is 27.2 Å². The van der Waals surface area contributed by atoms with Gasteiger partial charge in [0.1, 0.15) is 5.82 Å². The highest BCUT2D eigenvalue weighted by Crippen LogP contribution is 2.10. The van der Waals surface area contributed by atoms with Gasteiger partial charge in [-0.05, 0) is 48.8 Å². The van der Waals surface area contributed by atoms with Gasteiger partial charge in [-0.3, -0.25) is 4.79 Å². The Morgan fingerprint density at radius 1 is 1.41 bits per heavy atom. The fourth-order valence-electron chi connectivity index (χ4n) is 1.27. The second-order valence-corrected chi connectivity index (χ2v) is 5.75. The molecule has 0 unspecified atom stereocenters. The Morgan fingerprint density at radius 3 is 2.65 bits per heavy atom. The van der Waals surface area contributed by atoms with Crippen LogP contribution in [0, 0.1) is 0 Å². The molecule has 0 saturated carbocycles. The van der Waals surface area contributed by atoms with Crippen LogP contribution >= 0.6 is 15.9 Å². The van der Waals surface area contributed by atoms with Crippen molar-refractivity contribution in [1.29, 1.82) is 0 Å². The highest BCUT2D eigenvalue weighted by atomic mass is 79.9. The van der Waals surface area contributed by atoms with Gasteiger partial charge in [-0.1, -0.05) is 0 Å². The second-order valence-electron chi connectivity index (χ2n) is 4.84. The monoisotopic (exact) mass is 299 g/mol. The molecule has 0 aromatic carbocycles. The Morgan fingerprint density at radius 2 is 2.12 bits per heavy atom. The predicted molar refractivity (Wildman–Crippen MR) is 72.9 cm³/mol. The lowest BCUT2D eigenvalue weighted by Gasteiger charge is -2.20. The third-order valence-corrected chi connectivity index (χ3v) is 2.37. The van der Waals surface area contributed by atoms with Gasteiger partial charge in [0.15, 0.2) is 0 Å². The lowest BCUT2D eigenvalue weighted by molar-refractivity contribution is -0.122. The van der Waals surface area contributed by atoms with Crippen LogP contribution in [0.3, 0.4) is 0 Å². The number of pyridine rings is 1. The van der Waals surface area contributed by atoms with E-state index in [2.05, 4.69) is 31.5 Å². The molecule has 0 atom stereocenters. The molecule has 0 bridgehead atoms. The molecule has 4 nitrogen and oxygen atoms in total. The number of hydrogen-bond donors (Lipinski definition) is 2. The van der Waals surface area contributed by atoms with Crippen LogP contribution in [0.2, 0.25) is 0 Å². The smallest absolute Gasteiger partial charge is 0.222 e. The highest BCUT2D eigenvalue weighted by molar-refractivity contribution is 9.10. The van der Waals surface area contributed by atoms with Crippen LogP contribution in [0.4, 0.5) is 5.82 Å². The number of halogens is 1. The summed E-state index contributed by atoms with van der Waals surface area (Å²) in [4.78, 5) is 15.7. The summed E-state index contributed by atoms with van der Waals surface area (Å²) in [5.41, 5.74) is -0.174. The molecule has 94 valence electrons. The molecule has 1 amide bonds. The lowest BCUT2D eigenvalue weighted by atomic mass is 10.1. The average Bonchev–Trinajstić information content (AvgIpc) is 2.18. The molecule has 0 aliphatic heterocycles. The molecule has 1 heterocycles. The van der Waals surface area contributed by atoms with Crippen molar-refractivity contribution in [3.05, 3.63) is 22.8 Å². The summed E-state index contributed by atoms with van der Waals surface area (Å²) >= 11 is 3.32. The molecule has 0 saturated heterocycles. The van der Waals surface area contributed by atoms with Crippen LogP contribution in [0.5, 0.6) is 0 Å². The van der Waals surface area contributed by atoms with E-state index in [1.807, 2.05) is 32.9 Å². The van der Waals surface area contributed by atoms with E-state index >= 15 is 0 Å². The van der Waals surface area contributed by atoms with E-state index in [4.69, 9.17) is 0 Å². The van der Waals surface area contributed by atoms with Crippen molar-refractivity contribution >= 4 is 27.7 Å². The number of aromatic nitrogens is 1. The van der Waals surface area contributed by atoms with Crippen LogP contribution in [-0.2, 0) is 4.79 Å². The summed E-state index contributed by atoms with van der Waals surface area (Å²) in [7, 11) is 0. The largest absolute Gasteiger partial charge is 0.370 e. The highest BCUT2D eigenvalue weighted by Gasteiger charge is 2.12. The normalized spacial score (nSPS) is 11.1. The molecular weight excluding hydrogens is 282 g/mol. The zero-order valence-corrected chi connectivity index (χ0v) is 12.0. The molecule has 1 aromatic heterocycles. The lowest BCUT2D eigenvalue weighted by Crippen LogP contribution is -2.41. The van der Waals surface area contributed by atoms with Gasteiger partial charge in [0.25, 0.3) is 0 Å². The third kappa shape index (κ3) is 6.26. The van der Waals surface area contributed by atoms with Gasteiger partial charge in [-0.15, -0.1) is 0 Å². The van der Waals surface area contributed by atoms with E-state index in [9.17, 15) is 4.79 Å². The zero-order chi connectivity index (χ0) is 12.9. The molecule has 0 aliphatic rings. The minimum Gasteiger partial charge on any atom is -0.370 e. The molecule has 17 heavy (non-hydrogen) atoms. The number of hydrogen-bond acceptors (Lipinski definition) is 3. The summed E-state index contributed by atoms with van der Waals surface area (Å²) in [5.74, 6) is 0.818. The Kier molecular flexibility index (Phi) is 4.93. The summed E-state index contributed by atoms with van der Waals surface area (Å²) in [6.45, 7) is 6.48. The summed E-state index contributed by atoms with van der Waals surface area (Å²) < 4.78 is 0.938. The van der Waals surface area contributed by atoms with Gasteiger partial charge < -0.3 is 10.6 Å². The minimum atomic E-state index is -0.174. The first kappa shape index (κ1) is 14.0. The van der Waals surface area contributed by atoms with E-state index in [0.717, 1.165) is 10.3 Å². The molecule has 0 fully saturated rings. The van der Waals surface area contributed by atoms with Gasteiger partial charge in [-0.25, -0.2) is 4.98 Å². The maximum atomic E-state index is 11.5. The first-order chi connectivity index (χ1) is 7.87. The van der Waals surface area contributed by atoms with Crippen LogP contribution < -0.4 is 10.6 Å². The maximum absolute atomic E-state index is 11.5. The SMILES string of the molecule is CC(C)(C)NC(=O)CCNc1ccc(Br)cn1. The second kappa shape index (κ2) is 6.00. The van der Waals surface area contributed by atoms with Crippen LogP contribution in [0.25, 0.3) is 0 Å². The quantitative estimate of drug-likeness (QED) is 0.898. The molecule has 0 spiro atoms. The predicted octanol–water partition coefficient (Wildman–Crippen LogP) is 2.56. The fraction of sp³-hybridized carbons (Fsp3) is 0.500. The Balaban J connectivity index is 2.28. The number of amides is 1. The summed E-state index contributed by atoms with van der Waals surface area (Å²) in [6, 6.07) is 3.77. The first-order valence-electron chi connectivity index (χ1n) is 5.53. The molecule has 5 heteroatoms. The van der Waals surface area contributed by atoms with Gasteiger partial charge in [0.2, 0.25) is 5.91 Å². The van der Waals surface area contributed by atoms with E-state index in [1.165, 1.54) is 0 Å². The van der Waals surface area contributed by atoms with Crippen LogP contribution in [-0.4, -0.2) is 23.0 Å². The maximum Gasteiger partial charge on any atom is 0.222 e. The molecule has 1 aromatic rings. The molecular formula is C12H18BrN3O. The summed E-state index contributed by atoms with van der Waals surface area (Å²) in [5, 5.41) is 6.00. The van der Waals surface area contributed by atoms with Gasteiger partial charge in [0, 0.05) is 29.2 Å². The van der Waals surface area contributed by atoms with Crippen molar-refractivity contribution in [2.45, 2.75) is 32.7 Å². The first-order valence-corrected chi connectivity index (χ1v) is 6.32. The van der Waals surface area contributed by atoms with Crippen molar-refractivity contribution in [2.75, 3.05) is 11.9 Å². The molecule has 1 rings (SSSR count). The third-order valence-electron chi connectivity index (χ3n) is 1.90. The molecule has 0 aliphatic carbocycles. The molecule has 2 N–H and O–H groups in total. The van der Waals surface area contributed by atoms with Crippen molar-refractivity contribution in [1.82, 2.24) is 10.3 Å². The van der Waals surface area contributed by atoms with Crippen molar-refractivity contribution in [3.63, 3.8) is 0 Å². The number of carbonyl (C=O) groups is 1. The van der Waals surface area contributed by atoms with Crippen molar-refractivity contribution in [2.24, 2.45) is 0 Å². The standard InChI is InChI=1S/C12H18BrN3O/c1-12(2,3)16-11(17)6-7-14-10-5-4-9(13)8-15-10/h4-5,8H,6-7H2,1-3H3,(H,14,15)(H,16,17). The van der Waals surface area contributed by atoms with Gasteiger partial charge in [-0.2, -0.15) is 0 Å². The van der Waals surface area contributed by atoms with Gasteiger partial charge in [0.05, 0.1) is 0 Å². The number of carbonyl (C=O) groups excluding carboxylic acids is 1. The van der Waals surface area contributed by atoms with E-state index in [0.29, 0.717) is 13.0 Å². The number of anilines is 1. The number of rotatable bonds is 4. The van der Waals surface area contributed by atoms with Crippen molar-refractivity contribution in [3.8, 4) is 0 Å². The Bertz CT molecular complexity index is 370. The van der Waals surface area contributed by atoms with E-state index < -0.39 is 0 Å². The van der Waals surface area contributed by atoms with Crippen molar-refractivity contribution < 1.29 is 4.79 Å². The Hall–Kier alpha value is -1.10. The zero-order valence-electron chi connectivity index (χ0n) is 10.4. The van der Waals surface area contributed by atoms with Gasteiger partial charge >= 0.3 is 0 Å². The fourth-order valence-corrected chi connectivity index (χ4v) is 1.50. The average molecular weight is 300 g/mol. The summed E-state index contributed by atoms with van der Waals surface area (Å²) in [6.07, 6.45) is 2.16.